The minimum Gasteiger partial charge on any atom is -0.336 e. The topological polar surface area (TPSA) is 47.6 Å². The Balaban J connectivity index is 1.23. The summed E-state index contributed by atoms with van der Waals surface area (Å²) in [5.74, 6) is 1.49. The Bertz CT molecular complexity index is 782. The second-order valence-corrected chi connectivity index (χ2v) is 8.58. The van der Waals surface area contributed by atoms with Gasteiger partial charge in [0.1, 0.15) is 0 Å². The lowest BCUT2D eigenvalue weighted by atomic mass is 9.75. The lowest BCUT2D eigenvalue weighted by Crippen LogP contribution is -2.58. The monoisotopic (exact) mass is 392 g/mol. The first-order valence-electron chi connectivity index (χ1n) is 10.7. The highest BCUT2D eigenvalue weighted by molar-refractivity contribution is 5.89. The van der Waals surface area contributed by atoms with Gasteiger partial charge in [-0.1, -0.05) is 48.5 Å². The van der Waals surface area contributed by atoms with Crippen molar-refractivity contribution in [3.8, 4) is 0 Å². The van der Waals surface area contributed by atoms with Gasteiger partial charge in [0, 0.05) is 37.9 Å². The number of rotatable bonds is 7. The highest BCUT2D eigenvalue weighted by Crippen LogP contribution is 2.36. The molecule has 154 valence electrons. The van der Waals surface area contributed by atoms with Gasteiger partial charge in [-0.3, -0.25) is 4.90 Å². The van der Waals surface area contributed by atoms with Crippen LogP contribution in [0.15, 0.2) is 60.7 Å². The predicted molar refractivity (Wildman–Crippen MR) is 118 cm³/mol. The summed E-state index contributed by atoms with van der Waals surface area (Å²) in [6, 6.07) is 20.7. The number of benzene rings is 2. The van der Waals surface area contributed by atoms with E-state index in [-0.39, 0.29) is 6.03 Å². The minimum atomic E-state index is -0.113. The third kappa shape index (κ3) is 5.37. The van der Waals surface area contributed by atoms with Gasteiger partial charge in [0.25, 0.3) is 0 Å². The maximum absolute atomic E-state index is 12.2. The van der Waals surface area contributed by atoms with Crippen LogP contribution in [0.4, 0.5) is 10.5 Å². The van der Waals surface area contributed by atoms with Crippen LogP contribution in [0, 0.1) is 11.8 Å². The molecule has 2 aromatic carbocycles. The molecule has 0 saturated carbocycles. The van der Waals surface area contributed by atoms with Crippen molar-refractivity contribution >= 4 is 11.7 Å². The largest absolute Gasteiger partial charge is 0.336 e. The first kappa shape index (κ1) is 19.9. The molecule has 3 aliphatic heterocycles. The molecule has 0 aromatic heterocycles. The van der Waals surface area contributed by atoms with Crippen molar-refractivity contribution in [1.82, 2.24) is 15.1 Å². The molecule has 4 atom stereocenters. The fraction of sp³-hybridized carbons (Fsp3) is 0.458. The van der Waals surface area contributed by atoms with Crippen molar-refractivity contribution < 1.29 is 4.79 Å². The number of fused-ring (bicyclic) bond motifs is 3. The Kier molecular flexibility index (Phi) is 6.47. The van der Waals surface area contributed by atoms with E-state index in [2.05, 4.69) is 57.8 Å². The molecule has 3 heterocycles. The summed E-state index contributed by atoms with van der Waals surface area (Å²) in [7, 11) is 2.23. The lowest BCUT2D eigenvalue weighted by Gasteiger charge is -2.50. The molecule has 3 saturated heterocycles. The summed E-state index contributed by atoms with van der Waals surface area (Å²) in [6.45, 7) is 5.19. The number of hydrogen-bond acceptors (Lipinski definition) is 3. The van der Waals surface area contributed by atoms with Crippen molar-refractivity contribution in [1.29, 1.82) is 0 Å². The van der Waals surface area contributed by atoms with E-state index in [1.807, 2.05) is 30.3 Å². The lowest BCUT2D eigenvalue weighted by molar-refractivity contribution is -0.00889. The van der Waals surface area contributed by atoms with E-state index < -0.39 is 0 Å². The average Bonchev–Trinajstić information content (AvgIpc) is 2.74. The van der Waals surface area contributed by atoms with Crippen molar-refractivity contribution in [3.05, 3.63) is 66.2 Å². The Morgan fingerprint density at radius 3 is 2.52 bits per heavy atom. The van der Waals surface area contributed by atoms with Gasteiger partial charge in [-0.2, -0.15) is 0 Å². The summed E-state index contributed by atoms with van der Waals surface area (Å²) >= 11 is 0. The summed E-state index contributed by atoms with van der Waals surface area (Å²) < 4.78 is 0. The Morgan fingerprint density at radius 1 is 1.10 bits per heavy atom. The van der Waals surface area contributed by atoms with Gasteiger partial charge in [-0.15, -0.1) is 0 Å². The van der Waals surface area contributed by atoms with Crippen molar-refractivity contribution in [3.63, 3.8) is 0 Å². The number of carbonyl (C=O) groups is 1. The molecular formula is C24H32N4O. The smallest absolute Gasteiger partial charge is 0.319 e. The highest BCUT2D eigenvalue weighted by atomic mass is 16.2. The maximum Gasteiger partial charge on any atom is 0.319 e. The maximum atomic E-state index is 12.2. The number of urea groups is 1. The molecule has 0 aliphatic carbocycles. The Hall–Kier alpha value is -2.37. The number of nitrogens with zero attached hydrogens (tertiary/aromatic N) is 2. The van der Waals surface area contributed by atoms with Gasteiger partial charge >= 0.3 is 6.03 Å². The molecule has 2 aromatic rings. The number of hydrogen-bond donors (Lipinski definition) is 2. The molecule has 0 spiro atoms. The third-order valence-electron chi connectivity index (χ3n) is 6.39. The second kappa shape index (κ2) is 9.42. The summed E-state index contributed by atoms with van der Waals surface area (Å²) in [4.78, 5) is 17.2. The van der Waals surface area contributed by atoms with Crippen LogP contribution in [0.1, 0.15) is 18.4 Å². The number of amides is 2. The second-order valence-electron chi connectivity index (χ2n) is 8.58. The van der Waals surface area contributed by atoms with E-state index in [0.717, 1.165) is 50.2 Å². The molecule has 29 heavy (non-hydrogen) atoms. The average molecular weight is 393 g/mol. The SMILES string of the molecule is CN(Cc1ccccc1)C[C@H]1CN2CC[C@H]1C[C@@H]2CNC(=O)Nc1ccccc1. The molecule has 2 N–H and O–H groups in total. The van der Waals surface area contributed by atoms with Crippen LogP contribution in [0.3, 0.4) is 0 Å². The van der Waals surface area contributed by atoms with Crippen molar-refractivity contribution in [2.24, 2.45) is 11.8 Å². The van der Waals surface area contributed by atoms with Crippen LogP contribution >= 0.6 is 0 Å². The molecule has 3 aliphatic rings. The molecule has 5 rings (SSSR count). The van der Waals surface area contributed by atoms with Crippen LogP contribution < -0.4 is 10.6 Å². The standard InChI is InChI=1S/C24H32N4O/c1-27(16-19-8-4-2-5-9-19)17-21-18-28-13-12-20(21)14-23(28)15-25-24(29)26-22-10-6-3-7-11-22/h2-11,20-21,23H,12-18H2,1H3,(H2,25,26,29)/t20-,21-,23+/m0/s1. The van der Waals surface area contributed by atoms with Gasteiger partial charge in [0.15, 0.2) is 0 Å². The molecule has 2 bridgehead atoms. The molecular weight excluding hydrogens is 360 g/mol. The molecule has 5 heteroatoms. The molecule has 5 nitrogen and oxygen atoms in total. The van der Waals surface area contributed by atoms with E-state index >= 15 is 0 Å². The van der Waals surface area contributed by atoms with E-state index in [4.69, 9.17) is 0 Å². The van der Waals surface area contributed by atoms with Gasteiger partial charge in [0.05, 0.1) is 0 Å². The highest BCUT2D eigenvalue weighted by Gasteiger charge is 2.40. The number of para-hydroxylation sites is 1. The van der Waals surface area contributed by atoms with E-state index in [9.17, 15) is 4.79 Å². The number of nitrogens with one attached hydrogen (secondary N) is 2. The Morgan fingerprint density at radius 2 is 1.83 bits per heavy atom. The zero-order valence-electron chi connectivity index (χ0n) is 17.3. The summed E-state index contributed by atoms with van der Waals surface area (Å²) in [5.41, 5.74) is 2.21. The molecule has 0 radical (unpaired) electrons. The Labute approximate surface area is 174 Å². The first-order valence-corrected chi connectivity index (χ1v) is 10.7. The zero-order chi connectivity index (χ0) is 20.1. The summed E-state index contributed by atoms with van der Waals surface area (Å²) in [5, 5.41) is 5.98. The quantitative estimate of drug-likeness (QED) is 0.756. The van der Waals surface area contributed by atoms with Crippen LogP contribution in [0.5, 0.6) is 0 Å². The number of piperidine rings is 3. The minimum absolute atomic E-state index is 0.113. The van der Waals surface area contributed by atoms with Crippen LogP contribution in [0.2, 0.25) is 0 Å². The molecule has 1 unspecified atom stereocenters. The summed E-state index contributed by atoms with van der Waals surface area (Å²) in [6.07, 6.45) is 2.48. The van der Waals surface area contributed by atoms with Crippen molar-refractivity contribution in [2.45, 2.75) is 25.4 Å². The van der Waals surface area contributed by atoms with E-state index in [1.165, 1.54) is 18.4 Å². The van der Waals surface area contributed by atoms with Crippen LogP contribution in [-0.4, -0.2) is 55.1 Å². The zero-order valence-corrected chi connectivity index (χ0v) is 17.3. The van der Waals surface area contributed by atoms with Gasteiger partial charge < -0.3 is 15.5 Å². The van der Waals surface area contributed by atoms with Gasteiger partial charge in [-0.25, -0.2) is 4.79 Å². The van der Waals surface area contributed by atoms with E-state index in [1.54, 1.807) is 0 Å². The first-order chi connectivity index (χ1) is 14.2. The van der Waals surface area contributed by atoms with Crippen LogP contribution in [-0.2, 0) is 6.54 Å². The fourth-order valence-electron chi connectivity index (χ4n) is 4.94. The number of anilines is 1. The fourth-order valence-corrected chi connectivity index (χ4v) is 4.94. The molecule has 2 amide bonds. The van der Waals surface area contributed by atoms with Gasteiger partial charge in [-0.05, 0) is 56.0 Å². The molecule has 3 fully saturated rings. The normalized spacial score (nSPS) is 25.7. The van der Waals surface area contributed by atoms with E-state index in [0.29, 0.717) is 6.04 Å². The van der Waals surface area contributed by atoms with Gasteiger partial charge in [0.2, 0.25) is 0 Å². The third-order valence-corrected chi connectivity index (χ3v) is 6.39. The number of carbonyl (C=O) groups excluding carboxylic acids is 1. The van der Waals surface area contributed by atoms with Crippen LogP contribution in [0.25, 0.3) is 0 Å². The predicted octanol–water partition coefficient (Wildman–Crippen LogP) is 3.65. The van der Waals surface area contributed by atoms with Crippen molar-refractivity contribution in [2.75, 3.05) is 38.5 Å².